The normalized spacial score (nSPS) is 16.6. The molecule has 8 heteroatoms. The molecule has 2 amide bonds. The fraction of sp³-hybridized carbons (Fsp3) is 0.400. The lowest BCUT2D eigenvalue weighted by Gasteiger charge is -2.37. The van der Waals surface area contributed by atoms with Crippen LogP contribution in [0.25, 0.3) is 0 Å². The number of ketones is 1. The third-order valence-electron chi connectivity index (χ3n) is 6.07. The van der Waals surface area contributed by atoms with Gasteiger partial charge in [-0.3, -0.25) is 19.3 Å². The van der Waals surface area contributed by atoms with E-state index in [1.165, 1.54) is 23.1 Å². The van der Waals surface area contributed by atoms with Crippen LogP contribution in [0, 0.1) is 12.7 Å². The molecular formula is C25H27FN2O5. The van der Waals surface area contributed by atoms with Crippen molar-refractivity contribution in [2.24, 2.45) is 0 Å². The van der Waals surface area contributed by atoms with Crippen molar-refractivity contribution in [2.75, 3.05) is 31.2 Å². The molecule has 0 aliphatic carbocycles. The lowest BCUT2D eigenvalue weighted by molar-refractivity contribution is -0.135. The van der Waals surface area contributed by atoms with Gasteiger partial charge in [0.15, 0.2) is 19.0 Å². The SMILES string of the molecule is Cc1cc(F)ccc1OCC(=O)c1ccc2c(c1)N([C@@H](C)C(=O)N1CCCCC1)C(=O)CO2. The zero-order valence-electron chi connectivity index (χ0n) is 18.8. The number of rotatable bonds is 6. The van der Waals surface area contributed by atoms with Crippen LogP contribution in [0.3, 0.4) is 0 Å². The molecular weight excluding hydrogens is 427 g/mol. The number of carbonyl (C=O) groups excluding carboxylic acids is 3. The first-order chi connectivity index (χ1) is 15.8. The van der Waals surface area contributed by atoms with Crippen LogP contribution < -0.4 is 14.4 Å². The Balaban J connectivity index is 1.53. The summed E-state index contributed by atoms with van der Waals surface area (Å²) in [6.07, 6.45) is 3.01. The maximum atomic E-state index is 13.3. The molecule has 0 unspecified atom stereocenters. The van der Waals surface area contributed by atoms with Crippen molar-refractivity contribution in [2.45, 2.75) is 39.2 Å². The second-order valence-electron chi connectivity index (χ2n) is 8.42. The zero-order valence-corrected chi connectivity index (χ0v) is 18.8. The third kappa shape index (κ3) is 4.84. The number of piperidine rings is 1. The standard InChI is InChI=1S/C25H27FN2O5/c1-16-12-19(26)7-9-22(16)32-14-21(29)18-6-8-23-20(13-18)28(24(30)15-33-23)17(2)25(31)27-10-4-3-5-11-27/h6-9,12-13,17H,3-5,10-11,14-15H2,1-2H3/t17-/m0/s1. The molecule has 1 fully saturated rings. The van der Waals surface area contributed by atoms with Gasteiger partial charge in [0.25, 0.3) is 5.91 Å². The second kappa shape index (κ2) is 9.60. The number of anilines is 1. The van der Waals surface area contributed by atoms with Gasteiger partial charge in [-0.1, -0.05) is 0 Å². The second-order valence-corrected chi connectivity index (χ2v) is 8.42. The van der Waals surface area contributed by atoms with Gasteiger partial charge in [-0.15, -0.1) is 0 Å². The van der Waals surface area contributed by atoms with Gasteiger partial charge in [0.05, 0.1) is 5.69 Å². The molecule has 1 saturated heterocycles. The first kappa shape index (κ1) is 22.8. The first-order valence-corrected chi connectivity index (χ1v) is 11.1. The molecule has 174 valence electrons. The minimum atomic E-state index is -0.707. The van der Waals surface area contributed by atoms with Crippen molar-refractivity contribution in [1.82, 2.24) is 4.90 Å². The number of ether oxygens (including phenoxy) is 2. The summed E-state index contributed by atoms with van der Waals surface area (Å²) in [6.45, 7) is 4.37. The van der Waals surface area contributed by atoms with Gasteiger partial charge in [-0.05, 0) is 75.1 Å². The number of nitrogens with zero attached hydrogens (tertiary/aromatic N) is 2. The van der Waals surface area contributed by atoms with Crippen LogP contribution >= 0.6 is 0 Å². The number of aryl methyl sites for hydroxylation is 1. The number of carbonyl (C=O) groups is 3. The van der Waals surface area contributed by atoms with E-state index in [1.54, 1.807) is 36.9 Å². The average molecular weight is 454 g/mol. The predicted molar refractivity (Wildman–Crippen MR) is 120 cm³/mol. The molecule has 1 atom stereocenters. The highest BCUT2D eigenvalue weighted by molar-refractivity contribution is 6.05. The fourth-order valence-electron chi connectivity index (χ4n) is 4.26. The van der Waals surface area contributed by atoms with Crippen LogP contribution in [-0.4, -0.2) is 54.8 Å². The van der Waals surface area contributed by atoms with E-state index >= 15 is 0 Å². The number of Topliss-reactive ketones (excluding diaryl/α,β-unsaturated/α-hetero) is 1. The Morgan fingerprint density at radius 2 is 1.88 bits per heavy atom. The molecule has 0 bridgehead atoms. The molecule has 33 heavy (non-hydrogen) atoms. The minimum Gasteiger partial charge on any atom is -0.485 e. The number of likely N-dealkylation sites (tertiary alicyclic amines) is 1. The molecule has 2 aliphatic rings. The molecule has 4 rings (SSSR count). The van der Waals surface area contributed by atoms with Crippen molar-refractivity contribution < 1.29 is 28.2 Å². The summed E-state index contributed by atoms with van der Waals surface area (Å²) < 4.78 is 24.4. The monoisotopic (exact) mass is 454 g/mol. The van der Waals surface area contributed by atoms with Crippen LogP contribution in [0.2, 0.25) is 0 Å². The Kier molecular flexibility index (Phi) is 6.62. The summed E-state index contributed by atoms with van der Waals surface area (Å²) in [5, 5.41) is 0. The van der Waals surface area contributed by atoms with Crippen LogP contribution in [-0.2, 0) is 9.59 Å². The number of benzene rings is 2. The number of hydrogen-bond donors (Lipinski definition) is 0. The largest absolute Gasteiger partial charge is 0.485 e. The van der Waals surface area contributed by atoms with Crippen molar-refractivity contribution in [3.05, 3.63) is 53.3 Å². The van der Waals surface area contributed by atoms with Crippen LogP contribution in [0.4, 0.5) is 10.1 Å². The van der Waals surface area contributed by atoms with E-state index in [0.29, 0.717) is 41.4 Å². The van der Waals surface area contributed by atoms with Gasteiger partial charge in [0.2, 0.25) is 5.91 Å². The predicted octanol–water partition coefficient (Wildman–Crippen LogP) is 3.52. The van der Waals surface area contributed by atoms with E-state index in [-0.39, 0.29) is 36.6 Å². The summed E-state index contributed by atoms with van der Waals surface area (Å²) in [5.41, 5.74) is 1.31. The van der Waals surface area contributed by atoms with Crippen molar-refractivity contribution in [3.63, 3.8) is 0 Å². The fourth-order valence-corrected chi connectivity index (χ4v) is 4.26. The van der Waals surface area contributed by atoms with Gasteiger partial charge in [-0.25, -0.2) is 4.39 Å². The summed E-state index contributed by atoms with van der Waals surface area (Å²) in [6, 6.07) is 8.17. The first-order valence-electron chi connectivity index (χ1n) is 11.1. The Morgan fingerprint density at radius 1 is 1.12 bits per heavy atom. The number of fused-ring (bicyclic) bond motifs is 1. The van der Waals surface area contributed by atoms with Crippen molar-refractivity contribution >= 4 is 23.3 Å². The Morgan fingerprint density at radius 3 is 2.61 bits per heavy atom. The van der Waals surface area contributed by atoms with Crippen LogP contribution in [0.15, 0.2) is 36.4 Å². The molecule has 2 aromatic rings. The quantitative estimate of drug-likeness (QED) is 0.625. The van der Waals surface area contributed by atoms with Gasteiger partial charge in [-0.2, -0.15) is 0 Å². The molecule has 2 aromatic carbocycles. The lowest BCUT2D eigenvalue weighted by atomic mass is 10.1. The number of amides is 2. The summed E-state index contributed by atoms with van der Waals surface area (Å²) in [5.74, 6) is -0.261. The van der Waals surface area contributed by atoms with Crippen molar-refractivity contribution in [3.8, 4) is 11.5 Å². The van der Waals surface area contributed by atoms with Gasteiger partial charge < -0.3 is 14.4 Å². The highest BCUT2D eigenvalue weighted by Gasteiger charge is 2.35. The van der Waals surface area contributed by atoms with Gasteiger partial charge >= 0.3 is 0 Å². The number of halogens is 1. The molecule has 0 radical (unpaired) electrons. The highest BCUT2D eigenvalue weighted by atomic mass is 19.1. The molecule has 2 aliphatic heterocycles. The molecule has 2 heterocycles. The van der Waals surface area contributed by atoms with E-state index in [9.17, 15) is 18.8 Å². The highest BCUT2D eigenvalue weighted by Crippen LogP contribution is 2.35. The van der Waals surface area contributed by atoms with Crippen LogP contribution in [0.1, 0.15) is 42.1 Å². The summed E-state index contributed by atoms with van der Waals surface area (Å²) in [4.78, 5) is 41.8. The Bertz CT molecular complexity index is 1080. The zero-order chi connectivity index (χ0) is 23.5. The Hall–Kier alpha value is -3.42. The van der Waals surface area contributed by atoms with E-state index in [1.807, 2.05) is 0 Å². The summed E-state index contributed by atoms with van der Waals surface area (Å²) in [7, 11) is 0. The van der Waals surface area contributed by atoms with E-state index in [4.69, 9.17) is 9.47 Å². The maximum Gasteiger partial charge on any atom is 0.265 e. The maximum absolute atomic E-state index is 13.3. The number of hydrogen-bond acceptors (Lipinski definition) is 5. The minimum absolute atomic E-state index is 0.109. The van der Waals surface area contributed by atoms with E-state index in [0.717, 1.165) is 19.3 Å². The van der Waals surface area contributed by atoms with E-state index in [2.05, 4.69) is 0 Å². The summed E-state index contributed by atoms with van der Waals surface area (Å²) >= 11 is 0. The van der Waals surface area contributed by atoms with Gasteiger partial charge in [0.1, 0.15) is 23.4 Å². The molecule has 0 saturated carbocycles. The van der Waals surface area contributed by atoms with E-state index < -0.39 is 6.04 Å². The van der Waals surface area contributed by atoms with Gasteiger partial charge in [0, 0.05) is 18.7 Å². The molecule has 0 aromatic heterocycles. The molecule has 7 nitrogen and oxygen atoms in total. The lowest BCUT2D eigenvalue weighted by Crippen LogP contribution is -2.53. The van der Waals surface area contributed by atoms with Crippen molar-refractivity contribution in [1.29, 1.82) is 0 Å². The molecule has 0 N–H and O–H groups in total. The average Bonchev–Trinajstić information content (AvgIpc) is 2.82. The third-order valence-corrected chi connectivity index (χ3v) is 6.07. The topological polar surface area (TPSA) is 76.2 Å². The molecule has 0 spiro atoms. The van der Waals surface area contributed by atoms with Crippen LogP contribution in [0.5, 0.6) is 11.5 Å². The smallest absolute Gasteiger partial charge is 0.265 e. The Labute approximate surface area is 192 Å².